The van der Waals surface area contributed by atoms with E-state index >= 15 is 0 Å². The molecule has 0 unspecified atom stereocenters. The van der Waals surface area contributed by atoms with Gasteiger partial charge >= 0.3 is 6.18 Å². The van der Waals surface area contributed by atoms with Crippen molar-refractivity contribution >= 4 is 21.4 Å². The Morgan fingerprint density at radius 2 is 1.72 bits per heavy atom. The van der Waals surface area contributed by atoms with Gasteiger partial charge in [0, 0.05) is 23.2 Å². The zero-order valence-corrected chi connectivity index (χ0v) is 18.4. The normalized spacial score (nSPS) is 12.1. The van der Waals surface area contributed by atoms with Gasteiger partial charge in [-0.15, -0.1) is 0 Å². The topological polar surface area (TPSA) is 89.3 Å². The fourth-order valence-corrected chi connectivity index (χ4v) is 4.60. The number of aromatic nitrogens is 1. The number of hydrogen-bond donors (Lipinski definition) is 1. The van der Waals surface area contributed by atoms with Crippen LogP contribution in [0.2, 0.25) is 0 Å². The van der Waals surface area contributed by atoms with Crippen LogP contribution in [0, 0.1) is 20.8 Å². The molecule has 0 saturated heterocycles. The Bertz CT molecular complexity index is 1250. The molecule has 0 saturated carbocycles. The molecule has 0 aliphatic heterocycles. The molecule has 3 rings (SSSR count). The number of anilines is 1. The predicted molar refractivity (Wildman–Crippen MR) is 113 cm³/mol. The molecule has 0 bridgehead atoms. The van der Waals surface area contributed by atoms with E-state index in [9.17, 15) is 26.4 Å². The average molecular weight is 466 g/mol. The molecule has 170 valence electrons. The minimum absolute atomic E-state index is 0.0748. The summed E-state index contributed by atoms with van der Waals surface area (Å²) in [5.74, 6) is -0.610. The first-order valence-electron chi connectivity index (χ1n) is 9.62. The van der Waals surface area contributed by atoms with Crippen LogP contribution in [0.4, 0.5) is 18.9 Å². The van der Waals surface area contributed by atoms with Gasteiger partial charge in [-0.25, -0.2) is 8.42 Å². The molecule has 1 amide bonds. The van der Waals surface area contributed by atoms with Gasteiger partial charge in [-0.1, -0.05) is 17.3 Å². The third kappa shape index (κ3) is 5.18. The van der Waals surface area contributed by atoms with E-state index < -0.39 is 33.2 Å². The first kappa shape index (κ1) is 23.5. The van der Waals surface area contributed by atoms with Crippen molar-refractivity contribution in [2.75, 3.05) is 11.1 Å². The van der Waals surface area contributed by atoms with Crippen LogP contribution < -0.4 is 5.32 Å². The van der Waals surface area contributed by atoms with Crippen LogP contribution >= 0.6 is 0 Å². The van der Waals surface area contributed by atoms with Gasteiger partial charge in [-0.3, -0.25) is 4.79 Å². The van der Waals surface area contributed by atoms with Crippen molar-refractivity contribution in [3.63, 3.8) is 0 Å². The molecule has 0 aliphatic rings. The van der Waals surface area contributed by atoms with Crippen LogP contribution in [0.1, 0.15) is 28.8 Å². The van der Waals surface area contributed by atoms with Crippen molar-refractivity contribution < 1.29 is 30.9 Å². The first-order chi connectivity index (χ1) is 14.9. The van der Waals surface area contributed by atoms with Gasteiger partial charge in [0.1, 0.15) is 0 Å². The number of carbonyl (C=O) groups excluding carboxylic acids is 1. The smallest absolute Gasteiger partial charge is 0.356 e. The summed E-state index contributed by atoms with van der Waals surface area (Å²) < 4.78 is 69.0. The van der Waals surface area contributed by atoms with Gasteiger partial charge in [0.05, 0.1) is 21.9 Å². The van der Waals surface area contributed by atoms with Gasteiger partial charge in [0.2, 0.25) is 5.91 Å². The van der Waals surface area contributed by atoms with E-state index in [1.54, 1.807) is 26.0 Å². The van der Waals surface area contributed by atoms with E-state index in [1.807, 2.05) is 6.92 Å². The van der Waals surface area contributed by atoms with E-state index in [4.69, 9.17) is 4.52 Å². The molecular formula is C22H21F3N2O4S. The number of rotatable bonds is 6. The van der Waals surface area contributed by atoms with Gasteiger partial charge in [0.15, 0.2) is 15.6 Å². The lowest BCUT2D eigenvalue weighted by molar-refractivity contribution is -0.137. The SMILES string of the molecule is Cc1ccc(-c2onc(C)c2C)cc1S(=O)(=O)CCC(=O)Nc1ccc(C(F)(F)F)cc1. The molecule has 0 spiro atoms. The number of nitrogens with one attached hydrogen (secondary N) is 1. The van der Waals surface area contributed by atoms with Crippen molar-refractivity contribution in [3.8, 4) is 11.3 Å². The van der Waals surface area contributed by atoms with Crippen molar-refractivity contribution in [3.05, 3.63) is 64.8 Å². The molecule has 32 heavy (non-hydrogen) atoms. The Balaban J connectivity index is 1.72. The second kappa shape index (κ2) is 8.78. The van der Waals surface area contributed by atoms with Crippen molar-refractivity contribution in [2.24, 2.45) is 0 Å². The van der Waals surface area contributed by atoms with Crippen LogP contribution in [0.25, 0.3) is 11.3 Å². The lowest BCUT2D eigenvalue weighted by Gasteiger charge is -2.11. The molecular weight excluding hydrogens is 445 g/mol. The highest BCUT2D eigenvalue weighted by atomic mass is 32.2. The highest BCUT2D eigenvalue weighted by Crippen LogP contribution is 2.31. The monoisotopic (exact) mass is 466 g/mol. The van der Waals surface area contributed by atoms with Gasteiger partial charge < -0.3 is 9.84 Å². The molecule has 1 aromatic heterocycles. The van der Waals surface area contributed by atoms with E-state index in [-0.39, 0.29) is 17.0 Å². The zero-order valence-electron chi connectivity index (χ0n) is 17.6. The van der Waals surface area contributed by atoms with E-state index in [0.717, 1.165) is 29.8 Å². The van der Waals surface area contributed by atoms with Crippen LogP contribution in [-0.2, 0) is 20.8 Å². The summed E-state index contributed by atoms with van der Waals surface area (Å²) in [5, 5.41) is 6.30. The molecule has 0 radical (unpaired) electrons. The summed E-state index contributed by atoms with van der Waals surface area (Å²) in [6.07, 6.45) is -4.83. The third-order valence-electron chi connectivity index (χ3n) is 5.04. The van der Waals surface area contributed by atoms with E-state index in [1.165, 1.54) is 6.07 Å². The second-order valence-corrected chi connectivity index (χ2v) is 9.47. The highest BCUT2D eigenvalue weighted by Gasteiger charge is 2.30. The molecule has 1 N–H and O–H groups in total. The lowest BCUT2D eigenvalue weighted by atomic mass is 10.1. The number of sulfone groups is 1. The minimum atomic E-state index is -4.48. The number of nitrogens with zero attached hydrogens (tertiary/aromatic N) is 1. The molecule has 0 atom stereocenters. The number of hydrogen-bond acceptors (Lipinski definition) is 5. The molecule has 10 heteroatoms. The number of halogens is 3. The molecule has 1 heterocycles. The summed E-state index contributed by atoms with van der Waals surface area (Å²) in [7, 11) is -3.81. The Hall–Kier alpha value is -3.14. The summed E-state index contributed by atoms with van der Waals surface area (Å²) in [6, 6.07) is 8.80. The number of alkyl halides is 3. The summed E-state index contributed by atoms with van der Waals surface area (Å²) in [4.78, 5) is 12.2. The van der Waals surface area contributed by atoms with E-state index in [2.05, 4.69) is 10.5 Å². The van der Waals surface area contributed by atoms with E-state index in [0.29, 0.717) is 22.6 Å². The van der Waals surface area contributed by atoms with Crippen LogP contribution in [-0.4, -0.2) is 25.2 Å². The summed E-state index contributed by atoms with van der Waals surface area (Å²) in [6.45, 7) is 5.25. The number of amides is 1. The highest BCUT2D eigenvalue weighted by molar-refractivity contribution is 7.91. The van der Waals surface area contributed by atoms with Gasteiger partial charge in [-0.2, -0.15) is 13.2 Å². The largest absolute Gasteiger partial charge is 0.416 e. The Kier molecular flexibility index (Phi) is 6.45. The average Bonchev–Trinajstić information content (AvgIpc) is 3.05. The minimum Gasteiger partial charge on any atom is -0.356 e. The molecule has 2 aromatic carbocycles. The van der Waals surface area contributed by atoms with Crippen molar-refractivity contribution in [1.82, 2.24) is 5.16 Å². The molecule has 6 nitrogen and oxygen atoms in total. The second-order valence-electron chi connectivity index (χ2n) is 7.39. The number of carbonyl (C=O) groups is 1. The zero-order chi connectivity index (χ0) is 23.7. The van der Waals surface area contributed by atoms with Gasteiger partial charge in [-0.05, 0) is 56.7 Å². The van der Waals surface area contributed by atoms with Crippen molar-refractivity contribution in [2.45, 2.75) is 38.3 Å². The lowest BCUT2D eigenvalue weighted by Crippen LogP contribution is -2.18. The molecule has 0 fully saturated rings. The Morgan fingerprint density at radius 3 is 2.28 bits per heavy atom. The maximum atomic E-state index is 12.9. The maximum absolute atomic E-state index is 12.9. The standard InChI is InChI=1S/C22H21F3N2O4S/c1-13-4-5-16(21-14(2)15(3)27-31-21)12-19(13)32(29,30)11-10-20(28)26-18-8-6-17(7-9-18)22(23,24)25/h4-9,12H,10-11H2,1-3H3,(H,26,28). The Morgan fingerprint density at radius 1 is 1.06 bits per heavy atom. The number of benzene rings is 2. The fraction of sp³-hybridized carbons (Fsp3) is 0.273. The number of aryl methyl sites for hydroxylation is 2. The van der Waals surface area contributed by atoms with Gasteiger partial charge in [0.25, 0.3) is 0 Å². The Labute approximate surface area is 183 Å². The van der Waals surface area contributed by atoms with Crippen LogP contribution in [0.5, 0.6) is 0 Å². The maximum Gasteiger partial charge on any atom is 0.416 e. The predicted octanol–water partition coefficient (Wildman–Crippen LogP) is 5.09. The molecule has 0 aliphatic carbocycles. The third-order valence-corrected chi connectivity index (χ3v) is 6.89. The quantitative estimate of drug-likeness (QED) is 0.547. The molecule has 3 aromatic rings. The summed E-state index contributed by atoms with van der Waals surface area (Å²) in [5.41, 5.74) is 1.88. The fourth-order valence-electron chi connectivity index (χ4n) is 3.06. The van der Waals surface area contributed by atoms with Crippen LogP contribution in [0.3, 0.4) is 0 Å². The summed E-state index contributed by atoms with van der Waals surface area (Å²) >= 11 is 0. The first-order valence-corrected chi connectivity index (χ1v) is 11.3. The van der Waals surface area contributed by atoms with Crippen LogP contribution in [0.15, 0.2) is 51.9 Å². The van der Waals surface area contributed by atoms with Crippen molar-refractivity contribution in [1.29, 1.82) is 0 Å².